The summed E-state index contributed by atoms with van der Waals surface area (Å²) in [6.07, 6.45) is 17.6. The second kappa shape index (κ2) is 21.0. The molecule has 2 heteroatoms. The molecule has 0 radical (unpaired) electrons. The van der Waals surface area contributed by atoms with Crippen molar-refractivity contribution in [3.05, 3.63) is 113 Å². The van der Waals surface area contributed by atoms with E-state index in [1.54, 1.807) is 11.1 Å². The third-order valence-corrected chi connectivity index (χ3v) is 8.96. The van der Waals surface area contributed by atoms with Crippen LogP contribution in [0.4, 0.5) is 0 Å². The molecule has 0 atom stereocenters. The zero-order valence-corrected chi connectivity index (χ0v) is 27.7. The van der Waals surface area contributed by atoms with Crippen LogP contribution in [-0.2, 0) is 25.7 Å². The van der Waals surface area contributed by atoms with Crippen molar-refractivity contribution in [3.8, 4) is 0 Å². The van der Waals surface area contributed by atoms with E-state index in [1.165, 1.54) is 112 Å². The average molecular weight is 581 g/mol. The summed E-state index contributed by atoms with van der Waals surface area (Å²) < 4.78 is 0. The third kappa shape index (κ3) is 12.7. The molecule has 2 N–H and O–H groups in total. The first kappa shape index (κ1) is 34.6. The van der Waals surface area contributed by atoms with Crippen molar-refractivity contribution < 1.29 is 0 Å². The van der Waals surface area contributed by atoms with Crippen LogP contribution in [-0.4, -0.2) is 19.6 Å². The first-order valence-electron chi connectivity index (χ1n) is 17.5. The van der Waals surface area contributed by atoms with E-state index in [1.807, 2.05) is 0 Å². The molecule has 1 fully saturated rings. The van der Waals surface area contributed by atoms with E-state index in [0.717, 1.165) is 31.0 Å². The topological polar surface area (TPSA) is 24.1 Å². The fraction of sp³-hybridized carbons (Fsp3) is 0.512. The van der Waals surface area contributed by atoms with Crippen molar-refractivity contribution in [3.63, 3.8) is 0 Å². The lowest BCUT2D eigenvalue weighted by atomic mass is 9.89. The van der Waals surface area contributed by atoms with Gasteiger partial charge in [0.15, 0.2) is 0 Å². The molecule has 1 aliphatic rings. The van der Waals surface area contributed by atoms with Crippen LogP contribution in [0.25, 0.3) is 5.70 Å². The molecule has 1 heterocycles. The Bertz CT molecular complexity index is 1160. The molecular weight excluding hydrogens is 520 g/mol. The Morgan fingerprint density at radius 2 is 1.28 bits per heavy atom. The van der Waals surface area contributed by atoms with Crippen LogP contribution in [0, 0.1) is 0 Å². The van der Waals surface area contributed by atoms with Crippen molar-refractivity contribution in [1.82, 2.24) is 10.6 Å². The minimum atomic E-state index is 0.774. The highest BCUT2D eigenvalue weighted by Crippen LogP contribution is 2.25. The summed E-state index contributed by atoms with van der Waals surface area (Å²) in [4.78, 5) is 0. The Morgan fingerprint density at radius 1 is 0.674 bits per heavy atom. The molecule has 0 aromatic heterocycles. The fourth-order valence-electron chi connectivity index (χ4n) is 6.17. The van der Waals surface area contributed by atoms with Crippen LogP contribution in [0.15, 0.2) is 79.4 Å². The molecule has 0 aliphatic carbocycles. The predicted octanol–water partition coefficient (Wildman–Crippen LogP) is 10.5. The van der Waals surface area contributed by atoms with Crippen molar-refractivity contribution in [2.45, 2.75) is 117 Å². The molecule has 0 saturated carbocycles. The van der Waals surface area contributed by atoms with Gasteiger partial charge in [0.25, 0.3) is 0 Å². The summed E-state index contributed by atoms with van der Waals surface area (Å²) in [5.74, 6) is 0.774. The van der Waals surface area contributed by atoms with Crippen LogP contribution < -0.4 is 10.6 Å². The summed E-state index contributed by atoms with van der Waals surface area (Å²) in [5, 5.41) is 6.88. The number of hydrogen-bond donors (Lipinski definition) is 2. The summed E-state index contributed by atoms with van der Waals surface area (Å²) in [7, 11) is 0. The number of aryl methyl sites for hydroxylation is 4. The van der Waals surface area contributed by atoms with Crippen LogP contribution in [0.3, 0.4) is 0 Å². The molecule has 4 rings (SSSR count). The molecule has 1 aliphatic heterocycles. The van der Waals surface area contributed by atoms with Crippen molar-refractivity contribution >= 4 is 5.70 Å². The molecular formula is C41H60N2. The Hall–Kier alpha value is -2.84. The predicted molar refractivity (Wildman–Crippen MR) is 190 cm³/mol. The standard InChI is InChI=1S/C25H35N.C16H25N/c1-2-22-10-7-8-12-23(22)11-6-4-3-5-9-21-13-15-24(16-14-21)25-17-19-26-20-18-25;1-4-6-10-15-11-8-9-12-16(15)14(3)17-13-7-5-2/h7-8,10,12-16,25-26H,2-6,9,11,17-20H2,1H3;8-9,11-12,17H,3-7,10,13H2,1-2H3. The van der Waals surface area contributed by atoms with E-state index in [9.17, 15) is 0 Å². The monoisotopic (exact) mass is 580 g/mol. The highest BCUT2D eigenvalue weighted by atomic mass is 14.9. The van der Waals surface area contributed by atoms with E-state index in [0.29, 0.717) is 0 Å². The number of nitrogens with one attached hydrogen (secondary N) is 2. The molecule has 3 aromatic rings. The number of piperidine rings is 1. The number of hydrogen-bond acceptors (Lipinski definition) is 2. The number of unbranched alkanes of at least 4 members (excludes halogenated alkanes) is 5. The van der Waals surface area contributed by atoms with Gasteiger partial charge < -0.3 is 10.6 Å². The van der Waals surface area contributed by atoms with Gasteiger partial charge in [0.1, 0.15) is 0 Å². The lowest BCUT2D eigenvalue weighted by Crippen LogP contribution is -2.26. The lowest BCUT2D eigenvalue weighted by molar-refractivity contribution is 0.460. The number of benzene rings is 3. The normalized spacial score (nSPS) is 13.3. The third-order valence-electron chi connectivity index (χ3n) is 8.96. The van der Waals surface area contributed by atoms with Crippen LogP contribution >= 0.6 is 0 Å². The molecule has 1 saturated heterocycles. The number of rotatable bonds is 17. The molecule has 0 spiro atoms. The first-order chi connectivity index (χ1) is 21.2. The SMILES string of the molecule is C=C(NCCCC)c1ccccc1CCCC.CCc1ccccc1CCCCCCc1ccc(C2CCNCC2)cc1. The zero-order valence-electron chi connectivity index (χ0n) is 27.7. The maximum atomic E-state index is 4.15. The highest BCUT2D eigenvalue weighted by Gasteiger charge is 2.14. The maximum absolute atomic E-state index is 4.15. The summed E-state index contributed by atoms with van der Waals surface area (Å²) >= 11 is 0. The minimum absolute atomic E-state index is 0.774. The van der Waals surface area contributed by atoms with Gasteiger partial charge in [-0.1, -0.05) is 126 Å². The maximum Gasteiger partial charge on any atom is 0.0343 e. The van der Waals surface area contributed by atoms with E-state index < -0.39 is 0 Å². The molecule has 0 bridgehead atoms. The van der Waals surface area contributed by atoms with Gasteiger partial charge >= 0.3 is 0 Å². The molecule has 43 heavy (non-hydrogen) atoms. The highest BCUT2D eigenvalue weighted by molar-refractivity contribution is 5.64. The van der Waals surface area contributed by atoms with E-state index in [-0.39, 0.29) is 0 Å². The molecule has 0 amide bonds. The van der Waals surface area contributed by atoms with Gasteiger partial charge in [-0.3, -0.25) is 0 Å². The van der Waals surface area contributed by atoms with E-state index in [4.69, 9.17) is 0 Å². The average Bonchev–Trinajstić information content (AvgIpc) is 3.06. The van der Waals surface area contributed by atoms with Crippen molar-refractivity contribution in [1.29, 1.82) is 0 Å². The molecule has 2 nitrogen and oxygen atoms in total. The van der Waals surface area contributed by atoms with Gasteiger partial charge in [-0.25, -0.2) is 0 Å². The molecule has 234 valence electrons. The Labute approximate surface area is 264 Å². The Kier molecular flexibility index (Phi) is 16.9. The summed E-state index contributed by atoms with van der Waals surface area (Å²) in [6, 6.07) is 27.0. The Balaban J connectivity index is 0.000000259. The van der Waals surface area contributed by atoms with Crippen molar-refractivity contribution in [2.24, 2.45) is 0 Å². The van der Waals surface area contributed by atoms with Gasteiger partial charge in [-0.2, -0.15) is 0 Å². The quantitative estimate of drug-likeness (QED) is 0.155. The van der Waals surface area contributed by atoms with E-state index in [2.05, 4.69) is 111 Å². The first-order valence-corrected chi connectivity index (χ1v) is 17.5. The van der Waals surface area contributed by atoms with Gasteiger partial charge in [0, 0.05) is 17.8 Å². The largest absolute Gasteiger partial charge is 0.385 e. The zero-order chi connectivity index (χ0) is 30.5. The molecule has 3 aromatic carbocycles. The summed E-state index contributed by atoms with van der Waals surface area (Å²) in [6.45, 7) is 14.2. The van der Waals surface area contributed by atoms with Gasteiger partial charge in [-0.05, 0) is 111 Å². The molecule has 0 unspecified atom stereocenters. The van der Waals surface area contributed by atoms with Crippen molar-refractivity contribution in [2.75, 3.05) is 19.6 Å². The summed E-state index contributed by atoms with van der Waals surface area (Å²) in [5.41, 5.74) is 9.93. The van der Waals surface area contributed by atoms with Gasteiger partial charge in [-0.15, -0.1) is 0 Å². The van der Waals surface area contributed by atoms with Gasteiger partial charge in [0.2, 0.25) is 0 Å². The van der Waals surface area contributed by atoms with Gasteiger partial charge in [0.05, 0.1) is 0 Å². The minimum Gasteiger partial charge on any atom is -0.385 e. The fourth-order valence-corrected chi connectivity index (χ4v) is 6.17. The second-order valence-electron chi connectivity index (χ2n) is 12.3. The van der Waals surface area contributed by atoms with Crippen LogP contribution in [0.2, 0.25) is 0 Å². The lowest BCUT2D eigenvalue weighted by Gasteiger charge is -2.23. The smallest absolute Gasteiger partial charge is 0.0343 e. The van der Waals surface area contributed by atoms with E-state index >= 15 is 0 Å². The van der Waals surface area contributed by atoms with Crippen LogP contribution in [0.1, 0.15) is 124 Å². The Morgan fingerprint density at radius 3 is 1.95 bits per heavy atom. The van der Waals surface area contributed by atoms with Crippen LogP contribution in [0.5, 0.6) is 0 Å². The second-order valence-corrected chi connectivity index (χ2v) is 12.3.